The molecular weight excluding hydrogens is 195 g/mol. The van der Waals surface area contributed by atoms with E-state index in [1.807, 2.05) is 0 Å². The molecule has 0 unspecified atom stereocenters. The third-order valence-electron chi connectivity index (χ3n) is 3.25. The lowest BCUT2D eigenvalue weighted by Crippen LogP contribution is -2.37. The van der Waals surface area contributed by atoms with E-state index in [0.717, 1.165) is 19.3 Å². The minimum atomic E-state index is -0.849. The summed E-state index contributed by atoms with van der Waals surface area (Å²) in [7, 11) is 0. The average Bonchev–Trinajstić information content (AvgIpc) is 2.12. The third kappa shape index (κ3) is 1.74. The Balaban J connectivity index is 2.34. The molecule has 0 aromatic heterocycles. The van der Waals surface area contributed by atoms with Crippen molar-refractivity contribution in [3.05, 3.63) is 35.6 Å². The van der Waals surface area contributed by atoms with Gasteiger partial charge in [0.2, 0.25) is 0 Å². The number of aliphatic carboxylic acids is 1. The van der Waals surface area contributed by atoms with Crippen LogP contribution in [0.4, 0.5) is 4.39 Å². The van der Waals surface area contributed by atoms with Gasteiger partial charge in [-0.15, -0.1) is 0 Å². The molecule has 0 bridgehead atoms. The number of carbonyl (C=O) groups is 1. The number of halogens is 1. The smallest absolute Gasteiger partial charge is 0.304 e. The fourth-order valence-corrected chi connectivity index (χ4v) is 2.33. The second-order valence-electron chi connectivity index (χ2n) is 4.18. The van der Waals surface area contributed by atoms with Gasteiger partial charge in [-0.1, -0.05) is 24.6 Å². The maximum Gasteiger partial charge on any atom is 0.304 e. The van der Waals surface area contributed by atoms with Crippen LogP contribution in [0.15, 0.2) is 24.3 Å². The molecule has 2 nitrogen and oxygen atoms in total. The van der Waals surface area contributed by atoms with Crippen molar-refractivity contribution in [1.82, 2.24) is 0 Å². The second kappa shape index (κ2) is 3.65. The molecule has 0 radical (unpaired) electrons. The Bertz CT molecular complexity index is 383. The van der Waals surface area contributed by atoms with Gasteiger partial charge in [-0.05, 0) is 24.5 Å². The Kier molecular flexibility index (Phi) is 2.47. The molecule has 0 atom stereocenters. The SMILES string of the molecule is O=C(O)CC1(c2ccccc2F)CCC1. The molecule has 1 aromatic carbocycles. The lowest BCUT2D eigenvalue weighted by atomic mass is 9.62. The Hall–Kier alpha value is -1.38. The maximum atomic E-state index is 13.6. The van der Waals surface area contributed by atoms with Gasteiger partial charge in [0.15, 0.2) is 0 Å². The summed E-state index contributed by atoms with van der Waals surface area (Å²) < 4.78 is 13.6. The zero-order chi connectivity index (χ0) is 10.9. The molecule has 1 aliphatic rings. The number of rotatable bonds is 3. The van der Waals surface area contributed by atoms with Crippen molar-refractivity contribution in [2.75, 3.05) is 0 Å². The molecule has 2 rings (SSSR count). The summed E-state index contributed by atoms with van der Waals surface area (Å²) in [6.45, 7) is 0. The van der Waals surface area contributed by atoms with Crippen LogP contribution in [0.2, 0.25) is 0 Å². The van der Waals surface area contributed by atoms with Gasteiger partial charge in [-0.3, -0.25) is 4.79 Å². The predicted octanol–water partition coefficient (Wildman–Crippen LogP) is 2.72. The number of carboxylic acid groups (broad SMARTS) is 1. The number of hydrogen-bond acceptors (Lipinski definition) is 1. The van der Waals surface area contributed by atoms with Crippen LogP contribution >= 0.6 is 0 Å². The van der Waals surface area contributed by atoms with Gasteiger partial charge in [0.05, 0.1) is 6.42 Å². The molecule has 80 valence electrons. The fourth-order valence-electron chi connectivity index (χ4n) is 2.33. The van der Waals surface area contributed by atoms with Gasteiger partial charge < -0.3 is 5.11 Å². The Morgan fingerprint density at radius 1 is 1.40 bits per heavy atom. The molecule has 1 saturated carbocycles. The van der Waals surface area contributed by atoms with E-state index < -0.39 is 11.4 Å². The first-order valence-electron chi connectivity index (χ1n) is 5.11. The molecule has 1 N–H and O–H groups in total. The highest BCUT2D eigenvalue weighted by molar-refractivity contribution is 5.69. The summed E-state index contributed by atoms with van der Waals surface area (Å²) in [4.78, 5) is 10.8. The summed E-state index contributed by atoms with van der Waals surface area (Å²) >= 11 is 0. The lowest BCUT2D eigenvalue weighted by Gasteiger charge is -2.41. The van der Waals surface area contributed by atoms with Gasteiger partial charge >= 0.3 is 5.97 Å². The van der Waals surface area contributed by atoms with Gasteiger partial charge in [0, 0.05) is 5.41 Å². The molecule has 1 fully saturated rings. The highest BCUT2D eigenvalue weighted by Gasteiger charge is 2.42. The van der Waals surface area contributed by atoms with Crippen molar-refractivity contribution in [2.24, 2.45) is 0 Å². The van der Waals surface area contributed by atoms with E-state index in [-0.39, 0.29) is 12.2 Å². The Morgan fingerprint density at radius 2 is 2.07 bits per heavy atom. The van der Waals surface area contributed by atoms with E-state index in [1.165, 1.54) is 6.07 Å². The Labute approximate surface area is 87.7 Å². The van der Waals surface area contributed by atoms with Crippen molar-refractivity contribution >= 4 is 5.97 Å². The van der Waals surface area contributed by atoms with E-state index in [2.05, 4.69) is 0 Å². The van der Waals surface area contributed by atoms with E-state index in [1.54, 1.807) is 18.2 Å². The quantitative estimate of drug-likeness (QED) is 0.829. The second-order valence-corrected chi connectivity index (χ2v) is 4.18. The molecule has 1 aliphatic carbocycles. The van der Waals surface area contributed by atoms with Gasteiger partial charge in [-0.2, -0.15) is 0 Å². The molecule has 0 aliphatic heterocycles. The minimum Gasteiger partial charge on any atom is -0.481 e. The molecule has 1 aromatic rings. The first-order chi connectivity index (χ1) is 7.14. The molecule has 0 heterocycles. The third-order valence-corrected chi connectivity index (χ3v) is 3.25. The van der Waals surface area contributed by atoms with Crippen LogP contribution < -0.4 is 0 Å². The highest BCUT2D eigenvalue weighted by Crippen LogP contribution is 2.47. The van der Waals surface area contributed by atoms with Gasteiger partial charge in [0.25, 0.3) is 0 Å². The summed E-state index contributed by atoms with van der Waals surface area (Å²) in [5, 5.41) is 8.84. The highest BCUT2D eigenvalue weighted by atomic mass is 19.1. The Morgan fingerprint density at radius 3 is 2.53 bits per heavy atom. The zero-order valence-electron chi connectivity index (χ0n) is 8.37. The van der Waals surface area contributed by atoms with Crippen LogP contribution in [0.5, 0.6) is 0 Å². The molecule has 3 heteroatoms. The summed E-state index contributed by atoms with van der Waals surface area (Å²) in [6, 6.07) is 6.50. The largest absolute Gasteiger partial charge is 0.481 e. The van der Waals surface area contributed by atoms with Crippen molar-refractivity contribution in [2.45, 2.75) is 31.1 Å². The van der Waals surface area contributed by atoms with Crippen molar-refractivity contribution in [3.8, 4) is 0 Å². The first-order valence-corrected chi connectivity index (χ1v) is 5.11. The minimum absolute atomic E-state index is 0.0356. The van der Waals surface area contributed by atoms with Crippen molar-refractivity contribution in [3.63, 3.8) is 0 Å². The number of carboxylic acids is 1. The van der Waals surface area contributed by atoms with Crippen molar-refractivity contribution < 1.29 is 14.3 Å². The van der Waals surface area contributed by atoms with Crippen LogP contribution in [0.1, 0.15) is 31.2 Å². The fraction of sp³-hybridized carbons (Fsp3) is 0.417. The average molecular weight is 208 g/mol. The zero-order valence-corrected chi connectivity index (χ0v) is 8.37. The summed E-state index contributed by atoms with van der Waals surface area (Å²) in [5.74, 6) is -1.13. The molecule has 15 heavy (non-hydrogen) atoms. The van der Waals surface area contributed by atoms with E-state index in [9.17, 15) is 9.18 Å². The summed E-state index contributed by atoms with van der Waals surface area (Å²) in [5.41, 5.74) is 0.121. The molecule has 0 spiro atoms. The van der Waals surface area contributed by atoms with Crippen LogP contribution in [0, 0.1) is 5.82 Å². The topological polar surface area (TPSA) is 37.3 Å². The van der Waals surface area contributed by atoms with Crippen LogP contribution in [-0.2, 0) is 10.2 Å². The first kappa shape index (κ1) is 10.1. The standard InChI is InChI=1S/C12H13FO2/c13-10-5-2-1-4-9(10)12(6-3-7-12)8-11(14)15/h1-2,4-5H,3,6-8H2,(H,14,15). The predicted molar refractivity (Wildman–Crippen MR) is 54.2 cm³/mol. The van der Waals surface area contributed by atoms with E-state index >= 15 is 0 Å². The van der Waals surface area contributed by atoms with Crippen LogP contribution in [0.25, 0.3) is 0 Å². The molecular formula is C12H13FO2. The molecule has 0 saturated heterocycles. The van der Waals surface area contributed by atoms with Gasteiger partial charge in [0.1, 0.15) is 5.82 Å². The van der Waals surface area contributed by atoms with E-state index in [4.69, 9.17) is 5.11 Å². The molecule has 0 amide bonds. The number of hydrogen-bond donors (Lipinski definition) is 1. The maximum absolute atomic E-state index is 13.6. The number of benzene rings is 1. The normalized spacial score (nSPS) is 18.2. The van der Waals surface area contributed by atoms with E-state index in [0.29, 0.717) is 5.56 Å². The summed E-state index contributed by atoms with van der Waals surface area (Å²) in [6.07, 6.45) is 2.58. The van der Waals surface area contributed by atoms with Crippen LogP contribution in [-0.4, -0.2) is 11.1 Å². The van der Waals surface area contributed by atoms with Gasteiger partial charge in [-0.25, -0.2) is 4.39 Å². The van der Waals surface area contributed by atoms with Crippen molar-refractivity contribution in [1.29, 1.82) is 0 Å². The monoisotopic (exact) mass is 208 g/mol. The lowest BCUT2D eigenvalue weighted by molar-refractivity contribution is -0.139. The van der Waals surface area contributed by atoms with Crippen LogP contribution in [0.3, 0.4) is 0 Å².